The highest BCUT2D eigenvalue weighted by molar-refractivity contribution is 7.28. The van der Waals surface area contributed by atoms with Crippen molar-refractivity contribution >= 4 is 50.1 Å². The number of esters is 1. The van der Waals surface area contributed by atoms with E-state index in [1.807, 2.05) is 13.0 Å². The SMILES string of the molecule is CCOC(=O)c1sc(-c2ccc(-c3cc4cc(OC)ccc4s3)s2)nc1C. The lowest BCUT2D eigenvalue weighted by molar-refractivity contribution is 0.0531. The van der Waals surface area contributed by atoms with Crippen LogP contribution in [0.25, 0.3) is 29.7 Å². The van der Waals surface area contributed by atoms with Gasteiger partial charge in [-0.15, -0.1) is 34.0 Å². The second-order valence-electron chi connectivity index (χ2n) is 5.83. The molecule has 0 amide bonds. The first-order valence-corrected chi connectivity index (χ1v) is 10.9. The zero-order valence-corrected chi connectivity index (χ0v) is 17.5. The van der Waals surface area contributed by atoms with Crippen molar-refractivity contribution in [3.05, 3.63) is 47.0 Å². The molecule has 138 valence electrons. The maximum atomic E-state index is 12.0. The minimum absolute atomic E-state index is 0.297. The number of thiophene rings is 2. The van der Waals surface area contributed by atoms with Crippen molar-refractivity contribution in [1.29, 1.82) is 0 Å². The lowest BCUT2D eigenvalue weighted by Crippen LogP contribution is -2.03. The molecule has 4 rings (SSSR count). The number of carbonyl (C=O) groups excluding carboxylic acids is 1. The summed E-state index contributed by atoms with van der Waals surface area (Å²) in [5, 5.41) is 2.04. The van der Waals surface area contributed by atoms with E-state index in [0.717, 1.165) is 21.3 Å². The van der Waals surface area contributed by atoms with Gasteiger partial charge in [0.2, 0.25) is 0 Å². The van der Waals surface area contributed by atoms with E-state index < -0.39 is 0 Å². The van der Waals surface area contributed by atoms with Gasteiger partial charge in [0.25, 0.3) is 0 Å². The second kappa shape index (κ2) is 7.42. The number of methoxy groups -OCH3 is 1. The molecule has 3 heterocycles. The Balaban J connectivity index is 1.66. The third-order valence-electron chi connectivity index (χ3n) is 4.04. The van der Waals surface area contributed by atoms with E-state index in [9.17, 15) is 4.79 Å². The van der Waals surface area contributed by atoms with Crippen LogP contribution in [0.3, 0.4) is 0 Å². The van der Waals surface area contributed by atoms with Gasteiger partial charge >= 0.3 is 5.97 Å². The van der Waals surface area contributed by atoms with Crippen LogP contribution in [0.2, 0.25) is 0 Å². The fourth-order valence-corrected chi connectivity index (χ4v) is 5.89. The number of ether oxygens (including phenoxy) is 2. The first kappa shape index (κ1) is 18.2. The van der Waals surface area contributed by atoms with Gasteiger partial charge in [-0.05, 0) is 55.6 Å². The van der Waals surface area contributed by atoms with Crippen LogP contribution in [-0.4, -0.2) is 24.7 Å². The number of benzene rings is 1. The Morgan fingerprint density at radius 2 is 1.85 bits per heavy atom. The van der Waals surface area contributed by atoms with Gasteiger partial charge in [0.1, 0.15) is 15.6 Å². The van der Waals surface area contributed by atoms with E-state index in [0.29, 0.717) is 11.5 Å². The van der Waals surface area contributed by atoms with Gasteiger partial charge in [-0.1, -0.05) is 0 Å². The zero-order chi connectivity index (χ0) is 19.0. The number of carbonyl (C=O) groups is 1. The molecule has 0 saturated carbocycles. The molecular weight excluding hydrogens is 398 g/mol. The Morgan fingerprint density at radius 1 is 1.04 bits per heavy atom. The highest BCUT2D eigenvalue weighted by Gasteiger charge is 2.18. The van der Waals surface area contributed by atoms with Gasteiger partial charge in [-0.3, -0.25) is 0 Å². The molecule has 27 heavy (non-hydrogen) atoms. The molecule has 0 aliphatic rings. The number of fused-ring (bicyclic) bond motifs is 1. The molecule has 3 aromatic heterocycles. The average molecular weight is 416 g/mol. The highest BCUT2D eigenvalue weighted by Crippen LogP contribution is 2.41. The molecule has 0 aliphatic heterocycles. The summed E-state index contributed by atoms with van der Waals surface area (Å²) in [7, 11) is 1.68. The minimum atomic E-state index is -0.297. The molecule has 4 aromatic rings. The van der Waals surface area contributed by atoms with Crippen molar-refractivity contribution in [3.63, 3.8) is 0 Å². The maximum absolute atomic E-state index is 12.0. The maximum Gasteiger partial charge on any atom is 0.350 e. The van der Waals surface area contributed by atoms with Gasteiger partial charge in [-0.25, -0.2) is 9.78 Å². The second-order valence-corrected chi connectivity index (χ2v) is 9.00. The van der Waals surface area contributed by atoms with E-state index in [1.54, 1.807) is 36.7 Å². The van der Waals surface area contributed by atoms with Crippen LogP contribution in [0.15, 0.2) is 36.4 Å². The molecule has 0 saturated heterocycles. The summed E-state index contributed by atoms with van der Waals surface area (Å²) in [6.45, 7) is 4.02. The summed E-state index contributed by atoms with van der Waals surface area (Å²) in [5.74, 6) is 0.567. The van der Waals surface area contributed by atoms with Gasteiger partial charge in [0.05, 0.1) is 24.3 Å². The standard InChI is InChI=1S/C20H17NO3S3/c1-4-24-20(22)18-11(2)21-19(27-18)16-8-7-15(26-16)17-10-12-9-13(23-3)5-6-14(12)25-17/h5-10H,4H2,1-3H3. The molecule has 0 fully saturated rings. The summed E-state index contributed by atoms with van der Waals surface area (Å²) in [6, 6.07) is 12.5. The van der Waals surface area contributed by atoms with E-state index in [-0.39, 0.29) is 5.97 Å². The van der Waals surface area contributed by atoms with Crippen molar-refractivity contribution in [2.45, 2.75) is 13.8 Å². The fraction of sp³-hybridized carbons (Fsp3) is 0.200. The lowest BCUT2D eigenvalue weighted by atomic mass is 10.2. The summed E-state index contributed by atoms with van der Waals surface area (Å²) in [5.41, 5.74) is 0.720. The minimum Gasteiger partial charge on any atom is -0.497 e. The van der Waals surface area contributed by atoms with E-state index in [2.05, 4.69) is 35.3 Å². The topological polar surface area (TPSA) is 48.4 Å². The Labute approximate surface area is 169 Å². The summed E-state index contributed by atoms with van der Waals surface area (Å²) in [6.07, 6.45) is 0. The van der Waals surface area contributed by atoms with Crippen molar-refractivity contribution < 1.29 is 14.3 Å². The van der Waals surface area contributed by atoms with Crippen molar-refractivity contribution in [2.75, 3.05) is 13.7 Å². The molecular formula is C20H17NO3S3. The van der Waals surface area contributed by atoms with E-state index >= 15 is 0 Å². The van der Waals surface area contributed by atoms with E-state index in [1.165, 1.54) is 31.2 Å². The number of rotatable bonds is 5. The van der Waals surface area contributed by atoms with Gasteiger partial charge in [-0.2, -0.15) is 0 Å². The Morgan fingerprint density at radius 3 is 2.63 bits per heavy atom. The Hall–Kier alpha value is -2.22. The Kier molecular flexibility index (Phi) is 4.99. The number of aryl methyl sites for hydroxylation is 1. The van der Waals surface area contributed by atoms with Crippen LogP contribution in [0.5, 0.6) is 5.75 Å². The van der Waals surface area contributed by atoms with Gasteiger partial charge < -0.3 is 9.47 Å². The average Bonchev–Trinajstić information content (AvgIpc) is 3.38. The molecule has 0 bridgehead atoms. The third-order valence-corrected chi connectivity index (χ3v) is 7.74. The highest BCUT2D eigenvalue weighted by atomic mass is 32.1. The number of nitrogens with zero attached hydrogens (tertiary/aromatic N) is 1. The smallest absolute Gasteiger partial charge is 0.350 e. The summed E-state index contributed by atoms with van der Waals surface area (Å²) in [4.78, 5) is 20.6. The molecule has 0 radical (unpaired) electrons. The number of hydrogen-bond acceptors (Lipinski definition) is 7. The number of thiazole rings is 1. The predicted octanol–water partition coefficient (Wildman–Crippen LogP) is 6.25. The third kappa shape index (κ3) is 3.50. The zero-order valence-electron chi connectivity index (χ0n) is 15.1. The number of aromatic nitrogens is 1. The Bertz CT molecular complexity index is 1120. The molecule has 7 heteroatoms. The van der Waals surface area contributed by atoms with Crippen LogP contribution in [0.1, 0.15) is 22.3 Å². The lowest BCUT2D eigenvalue weighted by Gasteiger charge is -1.97. The fourth-order valence-electron chi connectivity index (χ4n) is 2.74. The molecule has 0 N–H and O–H groups in total. The number of hydrogen-bond donors (Lipinski definition) is 0. The molecule has 0 atom stereocenters. The monoisotopic (exact) mass is 415 g/mol. The van der Waals surface area contributed by atoms with Gasteiger partial charge in [0, 0.05) is 14.5 Å². The predicted molar refractivity (Wildman–Crippen MR) is 113 cm³/mol. The van der Waals surface area contributed by atoms with Crippen LogP contribution < -0.4 is 4.74 Å². The van der Waals surface area contributed by atoms with Crippen molar-refractivity contribution in [3.8, 4) is 25.4 Å². The molecule has 0 spiro atoms. The van der Waals surface area contributed by atoms with Crippen LogP contribution in [0, 0.1) is 6.92 Å². The molecule has 4 nitrogen and oxygen atoms in total. The summed E-state index contributed by atoms with van der Waals surface area (Å²) < 4.78 is 11.7. The first-order valence-electron chi connectivity index (χ1n) is 8.41. The van der Waals surface area contributed by atoms with Crippen LogP contribution >= 0.6 is 34.0 Å². The van der Waals surface area contributed by atoms with E-state index in [4.69, 9.17) is 9.47 Å². The largest absolute Gasteiger partial charge is 0.497 e. The normalized spacial score (nSPS) is 11.1. The van der Waals surface area contributed by atoms with Crippen LogP contribution in [-0.2, 0) is 4.74 Å². The quantitative estimate of drug-likeness (QED) is 0.362. The van der Waals surface area contributed by atoms with Crippen LogP contribution in [0.4, 0.5) is 0 Å². The molecule has 0 aliphatic carbocycles. The summed E-state index contributed by atoms with van der Waals surface area (Å²) >= 11 is 4.84. The van der Waals surface area contributed by atoms with Gasteiger partial charge in [0.15, 0.2) is 0 Å². The molecule has 0 unspecified atom stereocenters. The molecule has 1 aromatic carbocycles. The first-order chi connectivity index (χ1) is 13.1. The van der Waals surface area contributed by atoms with Crippen molar-refractivity contribution in [1.82, 2.24) is 4.98 Å². The van der Waals surface area contributed by atoms with Crippen molar-refractivity contribution in [2.24, 2.45) is 0 Å².